The number of carboxylic acids is 1. The van der Waals surface area contributed by atoms with Crippen molar-refractivity contribution in [1.29, 1.82) is 0 Å². The minimum atomic E-state index is -5.24. The first-order chi connectivity index (χ1) is 32.9. The number of nitro groups is 1. The van der Waals surface area contributed by atoms with Gasteiger partial charge in [-0.15, -0.1) is 30.7 Å². The lowest BCUT2D eigenvalue weighted by Gasteiger charge is -2.13. The number of benzene rings is 5. The van der Waals surface area contributed by atoms with E-state index in [9.17, 15) is 79.0 Å². The summed E-state index contributed by atoms with van der Waals surface area (Å²) in [5.41, 5.74) is -5.99. The summed E-state index contributed by atoms with van der Waals surface area (Å²) >= 11 is 0. The quantitative estimate of drug-likeness (QED) is 0.0209. The number of aromatic carboxylic acids is 1. The molecule has 8 N–H and O–H groups in total. The predicted molar refractivity (Wildman–Crippen MR) is 237 cm³/mol. The molecule has 0 atom stereocenters. The third-order valence-corrected chi connectivity index (χ3v) is 12.1. The van der Waals surface area contributed by atoms with Crippen LogP contribution >= 0.6 is 0 Å². The number of hydrogen-bond acceptors (Lipinski definition) is 22. The highest BCUT2D eigenvalue weighted by atomic mass is 32.2. The number of aliphatic hydroxyl groups excluding tert-OH is 2. The number of aromatic amines is 1. The summed E-state index contributed by atoms with van der Waals surface area (Å²) in [6, 6.07) is 10.7. The molecule has 6 aromatic rings. The molecule has 0 saturated carbocycles. The number of nitrogens with zero attached hydrogens (tertiary/aromatic N) is 8. The highest BCUT2D eigenvalue weighted by Crippen LogP contribution is 2.45. The maximum atomic E-state index is 13.7. The first-order valence-corrected chi connectivity index (χ1v) is 23.4. The highest BCUT2D eigenvalue weighted by Gasteiger charge is 2.26. The van der Waals surface area contributed by atoms with Crippen LogP contribution in [0.25, 0.3) is 16.5 Å². The second kappa shape index (κ2) is 20.2. The van der Waals surface area contributed by atoms with Crippen molar-refractivity contribution in [2.75, 3.05) is 33.5 Å². The molecule has 0 fully saturated rings. The van der Waals surface area contributed by atoms with Crippen molar-refractivity contribution < 1.29 is 83.3 Å². The van der Waals surface area contributed by atoms with E-state index in [0.717, 1.165) is 55.6 Å². The Kier molecular flexibility index (Phi) is 14.8. The van der Waals surface area contributed by atoms with E-state index < -0.39 is 122 Å². The zero-order chi connectivity index (χ0) is 51.5. The second-order valence-corrected chi connectivity index (χ2v) is 18.1. The van der Waals surface area contributed by atoms with Gasteiger partial charge < -0.3 is 34.6 Å². The lowest BCUT2D eigenvalue weighted by Crippen LogP contribution is -2.14. The molecular weight excluding hydrogens is 999 g/mol. The van der Waals surface area contributed by atoms with Crippen LogP contribution in [0.15, 0.2) is 117 Å². The number of ether oxygens (including phenoxy) is 3. The number of carbonyl (C=O) groups is 1. The summed E-state index contributed by atoms with van der Waals surface area (Å²) in [6.07, 6.45) is 0. The number of carboxylic acid groups (broad SMARTS) is 1. The fourth-order valence-corrected chi connectivity index (χ4v) is 8.27. The Labute approximate surface area is 391 Å². The van der Waals surface area contributed by atoms with Gasteiger partial charge in [-0.1, -0.05) is 6.07 Å². The van der Waals surface area contributed by atoms with Gasteiger partial charge in [0.1, 0.15) is 73.6 Å². The van der Waals surface area contributed by atoms with E-state index in [4.69, 9.17) is 14.2 Å². The number of phenols is 1. The van der Waals surface area contributed by atoms with Gasteiger partial charge in [0.15, 0.2) is 17.1 Å². The molecule has 1 heterocycles. The number of H-pyrrole nitrogens is 1. The number of azo groups is 3. The van der Waals surface area contributed by atoms with Gasteiger partial charge in [-0.3, -0.25) is 33.7 Å². The number of methoxy groups -OCH3 is 1. The third-order valence-electron chi connectivity index (χ3n) is 9.36. The SMILES string of the molecule is COc1cc(S(=O)(=O)O)c(C)cc1N=Nc1c(C(=O)O)[nH]n(-c2ccc3cc(S(=O)(=O)O)c(N=Nc4cc(OCCO)c(N=Nc5ccc([N+](=O)[O-])cc5S(=O)(=O)O)cc4OCCO)c(O)c3c2)c1=O. The molecule has 368 valence electrons. The number of nitro benzene ring substituents is 1. The number of hydrogen-bond donors (Lipinski definition) is 8. The van der Waals surface area contributed by atoms with Gasteiger partial charge >= 0.3 is 5.97 Å². The number of nitrogens with one attached hydrogen (secondary N) is 1. The van der Waals surface area contributed by atoms with E-state index >= 15 is 0 Å². The normalized spacial score (nSPS) is 12.4. The van der Waals surface area contributed by atoms with Crippen LogP contribution in [0, 0.1) is 17.0 Å². The first-order valence-electron chi connectivity index (χ1n) is 19.1. The molecule has 0 amide bonds. The Morgan fingerprint density at radius 3 is 1.77 bits per heavy atom. The molecule has 0 aliphatic carbocycles. The van der Waals surface area contributed by atoms with E-state index in [1.807, 2.05) is 0 Å². The largest absolute Gasteiger partial charge is 0.505 e. The van der Waals surface area contributed by atoms with Gasteiger partial charge in [-0.2, -0.15) is 25.3 Å². The average molecular weight is 1030 g/mol. The van der Waals surface area contributed by atoms with Crippen LogP contribution in [0.1, 0.15) is 16.1 Å². The van der Waals surface area contributed by atoms with Gasteiger partial charge in [-0.05, 0) is 48.2 Å². The zero-order valence-corrected chi connectivity index (χ0v) is 37.9. The lowest BCUT2D eigenvalue weighted by molar-refractivity contribution is -0.385. The average Bonchev–Trinajstić information content (AvgIpc) is 3.63. The van der Waals surface area contributed by atoms with Crippen molar-refractivity contribution in [1.82, 2.24) is 9.78 Å². The number of aromatic hydroxyl groups is 1. The number of aryl methyl sites for hydroxylation is 1. The molecular formula is C38H33N9O20S3. The molecule has 0 saturated heterocycles. The van der Waals surface area contributed by atoms with Crippen LogP contribution in [0.5, 0.6) is 23.0 Å². The van der Waals surface area contributed by atoms with Crippen LogP contribution in [-0.2, 0) is 30.4 Å². The van der Waals surface area contributed by atoms with Gasteiger partial charge in [0.25, 0.3) is 41.6 Å². The Hall–Kier alpha value is -8.11. The van der Waals surface area contributed by atoms with Gasteiger partial charge in [0.2, 0.25) is 0 Å². The van der Waals surface area contributed by atoms with Gasteiger partial charge in [0, 0.05) is 35.7 Å². The van der Waals surface area contributed by atoms with Gasteiger partial charge in [-0.25, -0.2) is 9.48 Å². The second-order valence-electron chi connectivity index (χ2n) is 13.9. The fourth-order valence-electron chi connectivity index (χ4n) is 6.25. The van der Waals surface area contributed by atoms with E-state index in [0.29, 0.717) is 10.7 Å². The molecule has 0 bridgehead atoms. The number of phenolic OH excluding ortho intramolecular Hbond substituents is 1. The molecule has 0 spiro atoms. The molecule has 29 nitrogen and oxygen atoms in total. The zero-order valence-electron chi connectivity index (χ0n) is 35.4. The fraction of sp³-hybridized carbons (Fsp3) is 0.158. The van der Waals surface area contributed by atoms with Crippen molar-refractivity contribution in [2.45, 2.75) is 21.6 Å². The first kappa shape index (κ1) is 51.3. The highest BCUT2D eigenvalue weighted by molar-refractivity contribution is 7.86. The van der Waals surface area contributed by atoms with E-state index in [1.54, 1.807) is 0 Å². The Balaban J connectivity index is 1.47. The van der Waals surface area contributed by atoms with Crippen molar-refractivity contribution in [2.24, 2.45) is 30.7 Å². The predicted octanol–water partition coefficient (Wildman–Crippen LogP) is 5.68. The van der Waals surface area contributed by atoms with Crippen molar-refractivity contribution in [3.05, 3.63) is 98.5 Å². The summed E-state index contributed by atoms with van der Waals surface area (Å²) in [4.78, 5) is 33.8. The Bertz CT molecular complexity index is 3610. The molecule has 5 aromatic carbocycles. The van der Waals surface area contributed by atoms with E-state index in [1.165, 1.54) is 19.1 Å². The monoisotopic (exact) mass is 1030 g/mol. The molecule has 0 radical (unpaired) electrons. The molecule has 1 aromatic heterocycles. The Morgan fingerprint density at radius 2 is 1.24 bits per heavy atom. The van der Waals surface area contributed by atoms with E-state index in [2.05, 4.69) is 35.8 Å². The summed E-state index contributed by atoms with van der Waals surface area (Å²) in [7, 11) is -13.9. The maximum absolute atomic E-state index is 13.7. The van der Waals surface area contributed by atoms with Gasteiger partial charge in [0.05, 0.1) is 30.9 Å². The number of rotatable bonds is 19. The maximum Gasteiger partial charge on any atom is 0.356 e. The minimum Gasteiger partial charge on any atom is -0.505 e. The number of non-ortho nitro benzene ring substituents is 1. The number of fused-ring (bicyclic) bond motifs is 1. The number of aromatic nitrogens is 2. The van der Waals surface area contributed by atoms with Crippen LogP contribution < -0.4 is 19.8 Å². The van der Waals surface area contributed by atoms with Crippen LogP contribution in [0.4, 0.5) is 39.8 Å². The van der Waals surface area contributed by atoms with Crippen LogP contribution in [0.2, 0.25) is 0 Å². The summed E-state index contributed by atoms with van der Waals surface area (Å²) in [5, 5.41) is 77.0. The van der Waals surface area contributed by atoms with E-state index in [-0.39, 0.29) is 56.3 Å². The standard InChI is InChI=1S/C38H33N9O20S3/c1-18-11-24(27(65-2)17-30(18)68(56,57)58)41-44-34-35(38(52)53)45-46(37(34)51)20-4-3-19-12-32(70(62,63)64)33(36(50)22(19)13-20)43-42-26-16-28(66-9-7-48)25(15-29(26)67-10-8-49)40-39-23-6-5-21(47(54)55)14-31(23)69(59,60)61/h3-6,11-17,45,48-50H,7-10H2,1-2H3,(H,52,53)(H,56,57,58)(H,59,60,61)(H,62,63,64). The van der Waals surface area contributed by atoms with Crippen LogP contribution in [0.3, 0.4) is 0 Å². The molecule has 0 aliphatic heterocycles. The Morgan fingerprint density at radius 1 is 0.700 bits per heavy atom. The molecule has 70 heavy (non-hydrogen) atoms. The van der Waals surface area contributed by atoms with Crippen molar-refractivity contribution >= 4 is 86.9 Å². The lowest BCUT2D eigenvalue weighted by atomic mass is 10.1. The molecule has 6 rings (SSSR count). The smallest absolute Gasteiger partial charge is 0.356 e. The summed E-state index contributed by atoms with van der Waals surface area (Å²) in [5.74, 6) is -3.54. The topological polar surface area (TPSA) is 444 Å². The molecule has 0 unspecified atom stereocenters. The summed E-state index contributed by atoms with van der Waals surface area (Å²) in [6.45, 7) is -0.732. The van der Waals surface area contributed by atoms with Crippen LogP contribution in [-0.4, -0.2) is 114 Å². The third kappa shape index (κ3) is 11.1. The number of aliphatic hydroxyl groups is 2. The molecule has 32 heteroatoms. The van der Waals surface area contributed by atoms with Crippen molar-refractivity contribution in [3.63, 3.8) is 0 Å². The molecule has 0 aliphatic rings. The minimum absolute atomic E-state index is 0.0124. The van der Waals surface area contributed by atoms with Crippen molar-refractivity contribution in [3.8, 4) is 28.7 Å². The summed E-state index contributed by atoms with van der Waals surface area (Å²) < 4.78 is 119.